The van der Waals surface area contributed by atoms with E-state index in [4.69, 9.17) is 15.7 Å². The average Bonchev–Trinajstić information content (AvgIpc) is 3.04. The largest absolute Gasteiger partial charge is 0.462 e. The van der Waals surface area contributed by atoms with E-state index in [9.17, 15) is 4.79 Å². The molecule has 2 aromatic heterocycles. The van der Waals surface area contributed by atoms with Crippen LogP contribution in [0.15, 0.2) is 17.5 Å². The highest BCUT2D eigenvalue weighted by atomic mass is 32.1. The highest BCUT2D eigenvalue weighted by Gasteiger charge is 2.23. The van der Waals surface area contributed by atoms with Crippen LogP contribution in [0.1, 0.15) is 27.0 Å². The van der Waals surface area contributed by atoms with Crippen LogP contribution in [-0.4, -0.2) is 12.6 Å². The van der Waals surface area contributed by atoms with Gasteiger partial charge in [0, 0.05) is 4.88 Å². The second-order valence-electron chi connectivity index (χ2n) is 3.81. The van der Waals surface area contributed by atoms with E-state index in [0.29, 0.717) is 16.4 Å². The van der Waals surface area contributed by atoms with Crippen LogP contribution in [0.5, 0.6) is 0 Å². The summed E-state index contributed by atoms with van der Waals surface area (Å²) < 4.78 is 4.99. The molecule has 0 fully saturated rings. The number of nitrogens with zero attached hydrogens (tertiary/aromatic N) is 1. The third-order valence-corrected chi connectivity index (χ3v) is 4.47. The number of ether oxygens (including phenoxy) is 1. The summed E-state index contributed by atoms with van der Waals surface area (Å²) >= 11 is 2.78. The molecule has 0 aliphatic rings. The van der Waals surface area contributed by atoms with Crippen LogP contribution < -0.4 is 11.1 Å². The summed E-state index contributed by atoms with van der Waals surface area (Å²) in [6.07, 6.45) is 0. The number of nitrogens with one attached hydrogen (secondary N) is 1. The van der Waals surface area contributed by atoms with Crippen LogP contribution >= 0.6 is 22.7 Å². The summed E-state index contributed by atoms with van der Waals surface area (Å²) in [7, 11) is 0. The summed E-state index contributed by atoms with van der Waals surface area (Å²) in [5, 5.41) is 14.7. The molecular weight excluding hydrogens is 294 g/mol. The highest BCUT2D eigenvalue weighted by molar-refractivity contribution is 7.17. The number of nitrogens with two attached hydrogens (primary N) is 1. The van der Waals surface area contributed by atoms with Gasteiger partial charge in [0.05, 0.1) is 18.8 Å². The maximum absolute atomic E-state index is 11.9. The summed E-state index contributed by atoms with van der Waals surface area (Å²) in [6, 6.07) is 5.94. The van der Waals surface area contributed by atoms with Crippen molar-refractivity contribution in [2.24, 2.45) is 0 Å². The van der Waals surface area contributed by atoms with Crippen molar-refractivity contribution in [1.82, 2.24) is 0 Å². The van der Waals surface area contributed by atoms with Gasteiger partial charge in [-0.25, -0.2) is 4.79 Å². The zero-order valence-electron chi connectivity index (χ0n) is 10.8. The molecule has 104 valence electrons. The SMILES string of the molecule is CCOC(=O)c1c(NCc2cccs2)sc(C#N)c1N. The molecule has 3 N–H and O–H groups in total. The van der Waals surface area contributed by atoms with Gasteiger partial charge < -0.3 is 15.8 Å². The fraction of sp³-hybridized carbons (Fsp3) is 0.231. The van der Waals surface area contributed by atoms with E-state index in [-0.39, 0.29) is 17.9 Å². The first-order valence-corrected chi connectivity index (χ1v) is 7.62. The summed E-state index contributed by atoms with van der Waals surface area (Å²) in [5.74, 6) is -0.503. The van der Waals surface area contributed by atoms with Crippen LogP contribution in [0.25, 0.3) is 0 Å². The molecule has 2 rings (SSSR count). The highest BCUT2D eigenvalue weighted by Crippen LogP contribution is 2.36. The number of esters is 1. The number of carbonyl (C=O) groups excluding carboxylic acids is 1. The maximum atomic E-state index is 11.9. The first-order valence-electron chi connectivity index (χ1n) is 5.93. The molecule has 0 spiro atoms. The number of nitriles is 1. The van der Waals surface area contributed by atoms with Crippen LogP contribution in [-0.2, 0) is 11.3 Å². The van der Waals surface area contributed by atoms with Crippen molar-refractivity contribution in [3.8, 4) is 6.07 Å². The normalized spacial score (nSPS) is 10.0. The molecule has 0 atom stereocenters. The minimum Gasteiger partial charge on any atom is -0.462 e. The number of hydrogen-bond acceptors (Lipinski definition) is 7. The quantitative estimate of drug-likeness (QED) is 0.829. The van der Waals surface area contributed by atoms with Crippen molar-refractivity contribution in [3.05, 3.63) is 32.8 Å². The number of anilines is 2. The summed E-state index contributed by atoms with van der Waals surface area (Å²) in [4.78, 5) is 13.4. The minimum atomic E-state index is -0.503. The molecule has 0 aliphatic carbocycles. The standard InChI is InChI=1S/C13H13N3O2S2/c1-2-18-13(17)10-11(15)9(6-14)20-12(10)16-7-8-4-3-5-19-8/h3-5,16H,2,7,15H2,1H3. The van der Waals surface area contributed by atoms with Gasteiger partial charge in [-0.2, -0.15) is 5.26 Å². The zero-order chi connectivity index (χ0) is 14.5. The summed E-state index contributed by atoms with van der Waals surface area (Å²) in [6.45, 7) is 2.57. The first-order chi connectivity index (χ1) is 9.67. The molecule has 0 aromatic carbocycles. The third kappa shape index (κ3) is 2.92. The number of hydrogen-bond donors (Lipinski definition) is 2. The van der Waals surface area contributed by atoms with Gasteiger partial charge in [0.15, 0.2) is 0 Å². The van der Waals surface area contributed by atoms with Gasteiger partial charge in [-0.3, -0.25) is 0 Å². The molecule has 0 saturated heterocycles. The summed E-state index contributed by atoms with van der Waals surface area (Å²) in [5.41, 5.74) is 6.28. The molecule has 2 aromatic rings. The van der Waals surface area contributed by atoms with Gasteiger partial charge in [-0.15, -0.1) is 22.7 Å². The number of carbonyl (C=O) groups is 1. The molecule has 0 radical (unpaired) electrons. The topological polar surface area (TPSA) is 88.1 Å². The van der Waals surface area contributed by atoms with Crippen molar-refractivity contribution >= 4 is 39.3 Å². The molecular formula is C13H13N3O2S2. The van der Waals surface area contributed by atoms with E-state index in [1.54, 1.807) is 18.3 Å². The fourth-order valence-electron chi connectivity index (χ4n) is 1.64. The third-order valence-electron chi connectivity index (χ3n) is 2.53. The van der Waals surface area contributed by atoms with Crippen molar-refractivity contribution in [3.63, 3.8) is 0 Å². The smallest absolute Gasteiger partial charge is 0.343 e. The van der Waals surface area contributed by atoms with E-state index < -0.39 is 5.97 Å². The lowest BCUT2D eigenvalue weighted by atomic mass is 10.2. The molecule has 5 nitrogen and oxygen atoms in total. The van der Waals surface area contributed by atoms with Gasteiger partial charge in [-0.05, 0) is 18.4 Å². The number of rotatable bonds is 5. The van der Waals surface area contributed by atoms with Gasteiger partial charge in [0.2, 0.25) is 0 Å². The zero-order valence-corrected chi connectivity index (χ0v) is 12.4. The van der Waals surface area contributed by atoms with E-state index in [2.05, 4.69) is 5.32 Å². The molecule has 0 saturated carbocycles. The molecule has 20 heavy (non-hydrogen) atoms. The molecule has 0 amide bonds. The second kappa shape index (κ2) is 6.41. The predicted octanol–water partition coefficient (Wildman–Crippen LogP) is 3.05. The van der Waals surface area contributed by atoms with E-state index in [1.807, 2.05) is 23.6 Å². The van der Waals surface area contributed by atoms with Crippen molar-refractivity contribution in [2.45, 2.75) is 13.5 Å². The Morgan fingerprint density at radius 3 is 3.00 bits per heavy atom. The Hall–Kier alpha value is -2.04. The Morgan fingerprint density at radius 1 is 1.60 bits per heavy atom. The lowest BCUT2D eigenvalue weighted by Gasteiger charge is -2.06. The van der Waals surface area contributed by atoms with Crippen LogP contribution in [0.3, 0.4) is 0 Å². The molecule has 7 heteroatoms. The predicted molar refractivity (Wildman–Crippen MR) is 81.0 cm³/mol. The Bertz CT molecular complexity index is 641. The lowest BCUT2D eigenvalue weighted by Crippen LogP contribution is -2.09. The van der Waals surface area contributed by atoms with E-state index in [0.717, 1.165) is 4.88 Å². The fourth-order valence-corrected chi connectivity index (χ4v) is 3.18. The Labute approximate surface area is 124 Å². The monoisotopic (exact) mass is 307 g/mol. The molecule has 0 unspecified atom stereocenters. The number of thiophene rings is 2. The lowest BCUT2D eigenvalue weighted by molar-refractivity contribution is 0.0529. The number of nitrogen functional groups attached to an aromatic ring is 1. The van der Waals surface area contributed by atoms with Crippen molar-refractivity contribution in [2.75, 3.05) is 17.7 Å². The maximum Gasteiger partial charge on any atom is 0.343 e. The van der Waals surface area contributed by atoms with Gasteiger partial charge in [0.1, 0.15) is 21.5 Å². The Morgan fingerprint density at radius 2 is 2.40 bits per heavy atom. The van der Waals surface area contributed by atoms with Gasteiger partial charge >= 0.3 is 5.97 Å². The van der Waals surface area contributed by atoms with E-state index >= 15 is 0 Å². The molecule has 0 bridgehead atoms. The Kier molecular flexibility index (Phi) is 4.61. The van der Waals surface area contributed by atoms with Gasteiger partial charge in [0.25, 0.3) is 0 Å². The second-order valence-corrected chi connectivity index (χ2v) is 5.87. The molecule has 2 heterocycles. The average molecular weight is 307 g/mol. The van der Waals surface area contributed by atoms with Crippen molar-refractivity contribution < 1.29 is 9.53 Å². The first kappa shape index (κ1) is 14.4. The Balaban J connectivity index is 2.26. The van der Waals surface area contributed by atoms with Gasteiger partial charge in [-0.1, -0.05) is 6.07 Å². The van der Waals surface area contributed by atoms with Crippen LogP contribution in [0, 0.1) is 11.3 Å². The van der Waals surface area contributed by atoms with E-state index in [1.165, 1.54) is 11.3 Å². The minimum absolute atomic E-state index is 0.185. The van der Waals surface area contributed by atoms with Crippen LogP contribution in [0.4, 0.5) is 10.7 Å². The van der Waals surface area contributed by atoms with Crippen molar-refractivity contribution in [1.29, 1.82) is 5.26 Å². The van der Waals surface area contributed by atoms with Crippen LogP contribution in [0.2, 0.25) is 0 Å². The molecule has 0 aliphatic heterocycles.